The number of nitrogens with zero attached hydrogens (tertiary/aromatic N) is 3. The smallest absolute Gasteiger partial charge is 0.330 e. The number of imide groups is 1. The Hall–Kier alpha value is -1.87. The number of nitrogens with one attached hydrogen (secondary N) is 1. The molecule has 1 N–H and O–H groups in total. The Morgan fingerprint density at radius 1 is 1.00 bits per heavy atom. The Bertz CT molecular complexity index is 469. The van der Waals surface area contributed by atoms with Gasteiger partial charge >= 0.3 is 12.1 Å². The molecule has 0 bridgehead atoms. The summed E-state index contributed by atoms with van der Waals surface area (Å²) in [5, 5.41) is 2.49. The quantitative estimate of drug-likeness (QED) is 0.682. The highest BCUT2D eigenvalue weighted by Gasteiger charge is 2.75. The number of likely N-dealkylation sites (N-methyl/N-ethyl adjacent to an activating group) is 3. The van der Waals surface area contributed by atoms with Crippen molar-refractivity contribution in [2.75, 3.05) is 35.4 Å². The second kappa shape index (κ2) is 3.81. The fraction of sp³-hybridized carbons (Fsp3) is 0.700. The molecule has 0 aromatic rings. The predicted molar refractivity (Wildman–Crippen MR) is 61.7 cm³/mol. The molecule has 19 heavy (non-hydrogen) atoms. The Balaban J connectivity index is 2.72. The molecule has 0 aliphatic carbocycles. The van der Waals surface area contributed by atoms with Gasteiger partial charge in [0.2, 0.25) is 0 Å². The summed E-state index contributed by atoms with van der Waals surface area (Å²) in [7, 11) is 6.70. The topological polar surface area (TPSA) is 91.4 Å². The van der Waals surface area contributed by atoms with Crippen LogP contribution in [-0.2, 0) is 14.3 Å². The van der Waals surface area contributed by atoms with Crippen LogP contribution in [0.2, 0.25) is 0 Å². The molecule has 9 nitrogen and oxygen atoms in total. The van der Waals surface area contributed by atoms with Crippen molar-refractivity contribution >= 4 is 18.0 Å². The van der Waals surface area contributed by atoms with Gasteiger partial charge in [-0.15, -0.1) is 0 Å². The molecule has 2 heterocycles. The molecule has 0 saturated carbocycles. The average Bonchev–Trinajstić information content (AvgIpc) is 2.64. The highest BCUT2D eigenvalue weighted by Crippen LogP contribution is 2.42. The fourth-order valence-electron chi connectivity index (χ4n) is 2.65. The number of amides is 5. The standard InChI is InChI=1S/C10H16N4O5/c1-12-6(15)9(18-4)10(19-5,14(3)8(12)17)11-7(16)13(9)2/h1-5H3,(H,11,16)/t9-,10-/m0/s1. The van der Waals surface area contributed by atoms with Gasteiger partial charge in [-0.25, -0.2) is 9.59 Å². The van der Waals surface area contributed by atoms with Crippen molar-refractivity contribution in [3.05, 3.63) is 0 Å². The van der Waals surface area contributed by atoms with E-state index >= 15 is 0 Å². The molecule has 5 amide bonds. The Morgan fingerprint density at radius 2 is 1.58 bits per heavy atom. The zero-order chi connectivity index (χ0) is 14.6. The number of rotatable bonds is 2. The first kappa shape index (κ1) is 13.6. The Kier molecular flexibility index (Phi) is 2.72. The van der Waals surface area contributed by atoms with Crippen molar-refractivity contribution in [2.24, 2.45) is 0 Å². The predicted octanol–water partition coefficient (Wildman–Crippen LogP) is -1.19. The number of urea groups is 2. The van der Waals surface area contributed by atoms with Gasteiger partial charge in [0, 0.05) is 35.4 Å². The first-order chi connectivity index (χ1) is 8.80. The molecular formula is C10H16N4O5. The summed E-state index contributed by atoms with van der Waals surface area (Å²) < 4.78 is 10.6. The first-order valence-electron chi connectivity index (χ1n) is 5.52. The number of ether oxygens (including phenoxy) is 2. The Labute approximate surface area is 110 Å². The summed E-state index contributed by atoms with van der Waals surface area (Å²) >= 11 is 0. The van der Waals surface area contributed by atoms with E-state index in [1.807, 2.05) is 0 Å². The van der Waals surface area contributed by atoms with E-state index in [0.29, 0.717) is 0 Å². The number of hydrogen-bond acceptors (Lipinski definition) is 5. The maximum absolute atomic E-state index is 12.5. The lowest BCUT2D eigenvalue weighted by Crippen LogP contribution is -2.81. The molecule has 9 heteroatoms. The van der Waals surface area contributed by atoms with Gasteiger partial charge in [-0.3, -0.25) is 24.8 Å². The van der Waals surface area contributed by atoms with Gasteiger partial charge in [-0.2, -0.15) is 0 Å². The lowest BCUT2D eigenvalue weighted by Gasteiger charge is -2.51. The molecule has 0 unspecified atom stereocenters. The van der Waals surface area contributed by atoms with Crippen molar-refractivity contribution < 1.29 is 23.9 Å². The lowest BCUT2D eigenvalue weighted by molar-refractivity contribution is -0.272. The summed E-state index contributed by atoms with van der Waals surface area (Å²) in [5.74, 6) is -2.38. The van der Waals surface area contributed by atoms with Crippen LogP contribution in [-0.4, -0.2) is 79.6 Å². The second-order valence-electron chi connectivity index (χ2n) is 4.39. The number of carbonyl (C=O) groups is 3. The summed E-state index contributed by atoms with van der Waals surface area (Å²) in [5.41, 5.74) is -1.77. The summed E-state index contributed by atoms with van der Waals surface area (Å²) in [6.45, 7) is 0. The maximum atomic E-state index is 12.5. The largest absolute Gasteiger partial charge is 0.345 e. The normalized spacial score (nSPS) is 34.8. The lowest BCUT2D eigenvalue weighted by atomic mass is 10.0. The van der Waals surface area contributed by atoms with Crippen LogP contribution in [0.3, 0.4) is 0 Å². The zero-order valence-corrected chi connectivity index (χ0v) is 11.4. The average molecular weight is 272 g/mol. The maximum Gasteiger partial charge on any atom is 0.330 e. The first-order valence-corrected chi connectivity index (χ1v) is 5.52. The molecule has 0 aromatic heterocycles. The van der Waals surface area contributed by atoms with Crippen molar-refractivity contribution in [3.8, 4) is 0 Å². The van der Waals surface area contributed by atoms with Gasteiger partial charge in [-0.05, 0) is 0 Å². The number of hydrogen-bond donors (Lipinski definition) is 1. The monoisotopic (exact) mass is 272 g/mol. The van der Waals surface area contributed by atoms with Crippen molar-refractivity contribution in [3.63, 3.8) is 0 Å². The van der Waals surface area contributed by atoms with Gasteiger partial charge in [0.05, 0.1) is 0 Å². The number of fused-ring (bicyclic) bond motifs is 1. The highest BCUT2D eigenvalue weighted by molar-refractivity contribution is 6.06. The van der Waals surface area contributed by atoms with Crippen molar-refractivity contribution in [1.29, 1.82) is 0 Å². The molecule has 2 atom stereocenters. The summed E-state index contributed by atoms with van der Waals surface area (Å²) in [6, 6.07) is -1.18. The highest BCUT2D eigenvalue weighted by atomic mass is 16.6. The van der Waals surface area contributed by atoms with Crippen molar-refractivity contribution in [2.45, 2.75) is 11.6 Å². The van der Waals surface area contributed by atoms with Crippen LogP contribution < -0.4 is 5.32 Å². The number of carbonyl (C=O) groups excluding carboxylic acids is 3. The molecule has 2 aliphatic rings. The van der Waals surface area contributed by atoms with E-state index in [4.69, 9.17) is 9.47 Å². The van der Waals surface area contributed by atoms with Crippen LogP contribution >= 0.6 is 0 Å². The van der Waals surface area contributed by atoms with Crippen molar-refractivity contribution in [1.82, 2.24) is 20.0 Å². The van der Waals surface area contributed by atoms with Crippen LogP contribution in [0.25, 0.3) is 0 Å². The molecule has 2 saturated heterocycles. The van der Waals surface area contributed by atoms with Gasteiger partial charge < -0.3 is 9.47 Å². The van der Waals surface area contributed by atoms with Gasteiger partial charge in [0.25, 0.3) is 17.5 Å². The molecule has 2 fully saturated rings. The van der Waals surface area contributed by atoms with Gasteiger partial charge in [-0.1, -0.05) is 0 Å². The third-order valence-electron chi connectivity index (χ3n) is 3.74. The molecule has 0 aromatic carbocycles. The molecule has 106 valence electrons. The van der Waals surface area contributed by atoms with Crippen LogP contribution in [0.4, 0.5) is 9.59 Å². The third-order valence-corrected chi connectivity index (χ3v) is 3.74. The third kappa shape index (κ3) is 1.19. The van der Waals surface area contributed by atoms with E-state index in [0.717, 1.165) is 14.7 Å². The van der Waals surface area contributed by atoms with E-state index in [9.17, 15) is 14.4 Å². The molecule has 2 rings (SSSR count). The van der Waals surface area contributed by atoms with Crippen LogP contribution in [0, 0.1) is 0 Å². The molecule has 0 radical (unpaired) electrons. The second-order valence-corrected chi connectivity index (χ2v) is 4.39. The fourth-order valence-corrected chi connectivity index (χ4v) is 2.65. The van der Waals surface area contributed by atoms with Crippen LogP contribution in [0.15, 0.2) is 0 Å². The summed E-state index contributed by atoms with van der Waals surface area (Å²) in [6.07, 6.45) is 0. The van der Waals surface area contributed by atoms with Gasteiger partial charge in [0.15, 0.2) is 0 Å². The number of methoxy groups -OCH3 is 2. The minimum Gasteiger partial charge on any atom is -0.345 e. The van der Waals surface area contributed by atoms with Crippen LogP contribution in [0.1, 0.15) is 0 Å². The molecule has 0 spiro atoms. The minimum absolute atomic E-state index is 0.577. The molecule has 2 aliphatic heterocycles. The van der Waals surface area contributed by atoms with E-state index in [2.05, 4.69) is 5.32 Å². The zero-order valence-electron chi connectivity index (χ0n) is 11.4. The van der Waals surface area contributed by atoms with E-state index in [1.54, 1.807) is 0 Å². The van der Waals surface area contributed by atoms with Gasteiger partial charge in [0.1, 0.15) is 0 Å². The van der Waals surface area contributed by atoms with E-state index < -0.39 is 29.5 Å². The molecular weight excluding hydrogens is 256 g/mol. The SMILES string of the molecule is CO[C@]12NC(=O)N(C)[C@]1(OC)C(=O)N(C)C(=O)N2C. The van der Waals surface area contributed by atoms with Crippen LogP contribution in [0.5, 0.6) is 0 Å². The van der Waals surface area contributed by atoms with E-state index in [1.165, 1.54) is 35.4 Å². The minimum atomic E-state index is -1.77. The summed E-state index contributed by atoms with van der Waals surface area (Å²) in [4.78, 5) is 39.5. The Morgan fingerprint density at radius 3 is 2.05 bits per heavy atom. The van der Waals surface area contributed by atoms with E-state index in [-0.39, 0.29) is 0 Å².